The second-order valence-electron chi connectivity index (χ2n) is 7.22. The van der Waals surface area contributed by atoms with Gasteiger partial charge in [0.05, 0.1) is 12.5 Å². The third-order valence-electron chi connectivity index (χ3n) is 5.02. The maximum absolute atomic E-state index is 13.7. The Balaban J connectivity index is 1.75. The summed E-state index contributed by atoms with van der Waals surface area (Å²) in [4.78, 5) is 18.9. The molecular weight excluding hydrogens is 390 g/mol. The summed E-state index contributed by atoms with van der Waals surface area (Å²) in [5.41, 5.74) is 3.06. The van der Waals surface area contributed by atoms with Crippen LogP contribution in [0.2, 0.25) is 0 Å². The zero-order valence-electron chi connectivity index (χ0n) is 16.8. The molecule has 30 heavy (non-hydrogen) atoms. The molecule has 0 aliphatic rings. The minimum absolute atomic E-state index is 0.0641. The van der Waals surface area contributed by atoms with Crippen molar-refractivity contribution in [3.63, 3.8) is 0 Å². The normalized spacial score (nSPS) is 13.0. The van der Waals surface area contributed by atoms with Crippen LogP contribution in [0.4, 0.5) is 0 Å². The topological polar surface area (TPSA) is 47.8 Å². The van der Waals surface area contributed by atoms with Crippen molar-refractivity contribution < 1.29 is 4.79 Å². The Labute approximate surface area is 181 Å². The Morgan fingerprint density at radius 1 is 0.933 bits per heavy atom. The predicted molar refractivity (Wildman–Crippen MR) is 121 cm³/mol. The minimum atomic E-state index is -0.303. The Kier molecular flexibility index (Phi) is 6.40. The first-order valence-electron chi connectivity index (χ1n) is 9.90. The zero-order chi connectivity index (χ0) is 20.8. The van der Waals surface area contributed by atoms with Gasteiger partial charge in [-0.1, -0.05) is 78.4 Å². The smallest absolute Gasteiger partial charge is 0.169 e. The molecule has 0 aliphatic carbocycles. The molecule has 5 heteroatoms. The summed E-state index contributed by atoms with van der Waals surface area (Å²) < 4.78 is 1.75. The average molecular weight is 414 g/mol. The molecule has 0 bridgehead atoms. The number of carbonyl (C=O) groups excluding carboxylic acids is 1. The fourth-order valence-corrected chi connectivity index (χ4v) is 4.70. The molecule has 2 atom stereocenters. The van der Waals surface area contributed by atoms with Crippen LogP contribution in [0.1, 0.15) is 26.7 Å². The quantitative estimate of drug-likeness (QED) is 0.278. The number of benzene rings is 3. The molecule has 0 amide bonds. The number of hydrogen-bond donors (Lipinski definition) is 0. The standard InChI is InChI=1S/C25H23N3OS/c1-19-12-14-22(15-13-19)30-25(21-10-6-3-7-11-21)23(16-28-18-26-17-27-28)24(29)20-8-4-2-5-9-20/h2-15,17-18,23,25H,16H2,1H3/t23-,25-/m0/s1. The molecule has 0 N–H and O–H groups in total. The molecule has 4 aromatic rings. The number of Topliss-reactive ketones (excluding diaryl/α,β-unsaturated/α-hetero) is 1. The lowest BCUT2D eigenvalue weighted by atomic mass is 9.90. The van der Waals surface area contributed by atoms with Crippen LogP contribution < -0.4 is 0 Å². The number of ketones is 1. The van der Waals surface area contributed by atoms with Gasteiger partial charge in [-0.2, -0.15) is 5.10 Å². The third-order valence-corrected chi connectivity index (χ3v) is 6.42. The molecule has 4 nitrogen and oxygen atoms in total. The van der Waals surface area contributed by atoms with Gasteiger partial charge in [-0.3, -0.25) is 9.48 Å². The van der Waals surface area contributed by atoms with Crippen LogP contribution in [0, 0.1) is 12.8 Å². The van der Waals surface area contributed by atoms with E-state index in [9.17, 15) is 4.79 Å². The second kappa shape index (κ2) is 9.55. The van der Waals surface area contributed by atoms with Crippen molar-refractivity contribution >= 4 is 17.5 Å². The molecule has 1 heterocycles. The van der Waals surface area contributed by atoms with E-state index in [1.165, 1.54) is 11.9 Å². The summed E-state index contributed by atoms with van der Waals surface area (Å²) in [7, 11) is 0. The number of aryl methyl sites for hydroxylation is 1. The van der Waals surface area contributed by atoms with Crippen LogP contribution in [0.25, 0.3) is 0 Å². The first kappa shape index (κ1) is 20.1. The van der Waals surface area contributed by atoms with Gasteiger partial charge in [-0.25, -0.2) is 4.98 Å². The number of carbonyl (C=O) groups is 1. The van der Waals surface area contributed by atoms with E-state index in [1.54, 1.807) is 22.8 Å². The first-order chi connectivity index (χ1) is 14.7. The summed E-state index contributed by atoms with van der Waals surface area (Å²) in [5, 5.41) is 4.21. The largest absolute Gasteiger partial charge is 0.294 e. The summed E-state index contributed by atoms with van der Waals surface area (Å²) in [6.07, 6.45) is 3.18. The van der Waals surface area contributed by atoms with E-state index in [0.717, 1.165) is 10.5 Å². The van der Waals surface area contributed by atoms with E-state index in [1.807, 2.05) is 48.5 Å². The van der Waals surface area contributed by atoms with Gasteiger partial charge < -0.3 is 0 Å². The minimum Gasteiger partial charge on any atom is -0.294 e. The molecule has 0 aliphatic heterocycles. The summed E-state index contributed by atoms with van der Waals surface area (Å²) >= 11 is 1.72. The Bertz CT molecular complexity index is 1060. The molecule has 150 valence electrons. The highest BCUT2D eigenvalue weighted by Gasteiger charge is 2.32. The van der Waals surface area contributed by atoms with E-state index in [4.69, 9.17) is 0 Å². The molecule has 0 radical (unpaired) electrons. The maximum Gasteiger partial charge on any atom is 0.169 e. The van der Waals surface area contributed by atoms with Crippen molar-refractivity contribution in [2.75, 3.05) is 0 Å². The van der Waals surface area contributed by atoms with Crippen LogP contribution >= 0.6 is 11.8 Å². The monoisotopic (exact) mass is 413 g/mol. The van der Waals surface area contributed by atoms with E-state index < -0.39 is 0 Å². The van der Waals surface area contributed by atoms with Crippen molar-refractivity contribution in [2.24, 2.45) is 5.92 Å². The predicted octanol–water partition coefficient (Wildman–Crippen LogP) is 5.62. The molecule has 3 aromatic carbocycles. The van der Waals surface area contributed by atoms with E-state index >= 15 is 0 Å². The third kappa shape index (κ3) is 4.86. The van der Waals surface area contributed by atoms with Gasteiger partial charge in [0.1, 0.15) is 12.7 Å². The van der Waals surface area contributed by atoms with Gasteiger partial charge in [0.25, 0.3) is 0 Å². The molecule has 0 spiro atoms. The summed E-state index contributed by atoms with van der Waals surface area (Å²) in [5.74, 6) is -0.192. The summed E-state index contributed by atoms with van der Waals surface area (Å²) in [6.45, 7) is 2.54. The van der Waals surface area contributed by atoms with E-state index in [-0.39, 0.29) is 17.0 Å². The van der Waals surface area contributed by atoms with Crippen LogP contribution in [-0.4, -0.2) is 20.5 Å². The first-order valence-corrected chi connectivity index (χ1v) is 10.8. The van der Waals surface area contributed by atoms with Crippen LogP contribution in [0.5, 0.6) is 0 Å². The SMILES string of the molecule is Cc1ccc(S[C@@H](c2ccccc2)[C@@H](Cn2cncn2)C(=O)c2ccccc2)cc1. The average Bonchev–Trinajstić information content (AvgIpc) is 3.31. The Morgan fingerprint density at radius 3 is 2.23 bits per heavy atom. The fourth-order valence-electron chi connectivity index (χ4n) is 3.45. The van der Waals surface area contributed by atoms with Crippen LogP contribution in [0.15, 0.2) is 102 Å². The molecular formula is C25H23N3OS. The van der Waals surface area contributed by atoms with Crippen LogP contribution in [-0.2, 0) is 6.54 Å². The van der Waals surface area contributed by atoms with Crippen molar-refractivity contribution in [1.29, 1.82) is 0 Å². The maximum atomic E-state index is 13.7. The number of aromatic nitrogens is 3. The lowest BCUT2D eigenvalue weighted by Gasteiger charge is -2.26. The fraction of sp³-hybridized carbons (Fsp3) is 0.160. The molecule has 0 saturated heterocycles. The van der Waals surface area contributed by atoms with Gasteiger partial charge >= 0.3 is 0 Å². The van der Waals surface area contributed by atoms with Crippen molar-refractivity contribution in [3.05, 3.63) is 114 Å². The van der Waals surface area contributed by atoms with Gasteiger partial charge in [0.2, 0.25) is 0 Å². The highest BCUT2D eigenvalue weighted by atomic mass is 32.2. The molecule has 0 saturated carbocycles. The van der Waals surface area contributed by atoms with Gasteiger partial charge in [0, 0.05) is 15.7 Å². The molecule has 4 rings (SSSR count). The lowest BCUT2D eigenvalue weighted by Crippen LogP contribution is -2.26. The zero-order valence-corrected chi connectivity index (χ0v) is 17.6. The molecule has 1 aromatic heterocycles. The van der Waals surface area contributed by atoms with Gasteiger partial charge in [0.15, 0.2) is 5.78 Å². The van der Waals surface area contributed by atoms with Gasteiger partial charge in [-0.15, -0.1) is 11.8 Å². The highest BCUT2D eigenvalue weighted by molar-refractivity contribution is 7.99. The van der Waals surface area contributed by atoms with Crippen molar-refractivity contribution in [3.8, 4) is 0 Å². The Morgan fingerprint density at radius 2 is 1.60 bits per heavy atom. The highest BCUT2D eigenvalue weighted by Crippen LogP contribution is 2.42. The number of hydrogen-bond acceptors (Lipinski definition) is 4. The number of nitrogens with zero attached hydrogens (tertiary/aromatic N) is 3. The van der Waals surface area contributed by atoms with Crippen LogP contribution in [0.3, 0.4) is 0 Å². The van der Waals surface area contributed by atoms with Gasteiger partial charge in [-0.05, 0) is 24.6 Å². The molecule has 0 unspecified atom stereocenters. The van der Waals surface area contributed by atoms with Crippen molar-refractivity contribution in [1.82, 2.24) is 14.8 Å². The van der Waals surface area contributed by atoms with E-state index in [2.05, 4.69) is 53.4 Å². The summed E-state index contributed by atoms with van der Waals surface area (Å²) in [6, 6.07) is 28.2. The second-order valence-corrected chi connectivity index (χ2v) is 8.43. The lowest BCUT2D eigenvalue weighted by molar-refractivity contribution is 0.0901. The van der Waals surface area contributed by atoms with Crippen molar-refractivity contribution in [2.45, 2.75) is 23.6 Å². The molecule has 0 fully saturated rings. The Hall–Kier alpha value is -3.18. The number of thioether (sulfide) groups is 1. The van der Waals surface area contributed by atoms with E-state index in [0.29, 0.717) is 12.1 Å². The number of rotatable bonds is 8.